The van der Waals surface area contributed by atoms with E-state index in [1.54, 1.807) is 12.1 Å². The summed E-state index contributed by atoms with van der Waals surface area (Å²) in [5.74, 6) is 0.760. The van der Waals surface area contributed by atoms with Gasteiger partial charge in [-0.05, 0) is 120 Å². The van der Waals surface area contributed by atoms with Gasteiger partial charge >= 0.3 is 0 Å². The molecular weight excluding hydrogens is 638 g/mol. The van der Waals surface area contributed by atoms with Crippen LogP contribution < -0.4 is 0 Å². The molecule has 0 radical (unpaired) electrons. The number of phenols is 2. The number of aliphatic hydroxyl groups excluding tert-OH is 1. The molecule has 0 bridgehead atoms. The van der Waals surface area contributed by atoms with E-state index in [1.807, 2.05) is 6.07 Å². The third-order valence-corrected chi connectivity index (χ3v) is 8.37. The Kier molecular flexibility index (Phi) is 10.1. The normalized spacial score (nSPS) is 14.9. The standard InChI is InChI=1S/C13H17Br2NO2.C7H4Br2O2/c14-11-5-10(13(18)6-12(11)15)7-16-3-1-9(8-17)2-4-16;8-5-1-4(3-10)7(11)2-6(5)9/h5-6,9,17-18H,1-4,7-8H2;1-3,11H. The Hall–Kier alpha value is -0.450. The average molecular weight is 659 g/mol. The molecule has 0 unspecified atom stereocenters. The van der Waals surface area contributed by atoms with E-state index in [4.69, 9.17) is 10.2 Å². The molecule has 0 aromatic heterocycles. The van der Waals surface area contributed by atoms with Crippen LogP contribution in [0.3, 0.4) is 0 Å². The van der Waals surface area contributed by atoms with Gasteiger partial charge in [0.1, 0.15) is 11.5 Å². The van der Waals surface area contributed by atoms with E-state index in [1.165, 1.54) is 6.07 Å². The van der Waals surface area contributed by atoms with Crippen molar-refractivity contribution < 1.29 is 20.1 Å². The van der Waals surface area contributed by atoms with Crippen molar-refractivity contribution in [2.45, 2.75) is 19.4 Å². The first kappa shape index (κ1) is 24.8. The van der Waals surface area contributed by atoms with Crippen molar-refractivity contribution in [1.29, 1.82) is 0 Å². The topological polar surface area (TPSA) is 81.0 Å². The van der Waals surface area contributed by atoms with Crippen LogP contribution in [0.5, 0.6) is 11.5 Å². The summed E-state index contributed by atoms with van der Waals surface area (Å²) in [5, 5.41) is 28.2. The van der Waals surface area contributed by atoms with Crippen molar-refractivity contribution in [3.05, 3.63) is 53.3 Å². The van der Waals surface area contributed by atoms with Gasteiger partial charge in [-0.15, -0.1) is 0 Å². The molecule has 1 heterocycles. The fourth-order valence-corrected chi connectivity index (χ4v) is 4.33. The van der Waals surface area contributed by atoms with E-state index >= 15 is 0 Å². The number of nitrogens with zero attached hydrogens (tertiary/aromatic N) is 1. The lowest BCUT2D eigenvalue weighted by Gasteiger charge is -2.31. The van der Waals surface area contributed by atoms with Crippen LogP contribution in [0.2, 0.25) is 0 Å². The Morgan fingerprint density at radius 2 is 1.41 bits per heavy atom. The molecule has 1 aliphatic rings. The van der Waals surface area contributed by atoms with Gasteiger partial charge in [-0.2, -0.15) is 0 Å². The van der Waals surface area contributed by atoms with Crippen LogP contribution in [0.1, 0.15) is 28.8 Å². The molecule has 0 amide bonds. The molecule has 3 N–H and O–H groups in total. The smallest absolute Gasteiger partial charge is 0.153 e. The number of benzene rings is 2. The van der Waals surface area contributed by atoms with E-state index < -0.39 is 0 Å². The maximum Gasteiger partial charge on any atom is 0.153 e. The second-order valence-corrected chi connectivity index (χ2v) is 10.2. The van der Waals surface area contributed by atoms with E-state index in [0.29, 0.717) is 24.6 Å². The Balaban J connectivity index is 0.000000234. The largest absolute Gasteiger partial charge is 0.508 e. The fourth-order valence-electron chi connectivity index (χ4n) is 2.92. The third kappa shape index (κ3) is 7.33. The van der Waals surface area contributed by atoms with Crippen LogP contribution in [0.4, 0.5) is 0 Å². The first-order chi connectivity index (χ1) is 13.7. The molecule has 9 heteroatoms. The zero-order chi connectivity index (χ0) is 21.6. The molecule has 0 saturated carbocycles. The number of likely N-dealkylation sites (tertiary alicyclic amines) is 1. The van der Waals surface area contributed by atoms with Gasteiger partial charge in [0, 0.05) is 36.6 Å². The van der Waals surface area contributed by atoms with Gasteiger partial charge in [-0.3, -0.25) is 9.69 Å². The van der Waals surface area contributed by atoms with Crippen LogP contribution >= 0.6 is 63.7 Å². The summed E-state index contributed by atoms with van der Waals surface area (Å²) in [6, 6.07) is 6.69. The zero-order valence-electron chi connectivity index (χ0n) is 15.4. The van der Waals surface area contributed by atoms with Crippen molar-refractivity contribution in [2.24, 2.45) is 5.92 Å². The van der Waals surface area contributed by atoms with Crippen molar-refractivity contribution >= 4 is 70.0 Å². The summed E-state index contributed by atoms with van der Waals surface area (Å²) >= 11 is 13.2. The summed E-state index contributed by atoms with van der Waals surface area (Å²) in [6.07, 6.45) is 2.68. The monoisotopic (exact) mass is 655 g/mol. The Morgan fingerprint density at radius 1 is 0.897 bits per heavy atom. The Bertz CT molecular complexity index is 855. The first-order valence-corrected chi connectivity index (χ1v) is 12.1. The van der Waals surface area contributed by atoms with Gasteiger partial charge in [0.15, 0.2) is 6.29 Å². The van der Waals surface area contributed by atoms with Crippen LogP contribution in [-0.4, -0.2) is 46.2 Å². The number of hydrogen-bond donors (Lipinski definition) is 3. The molecule has 3 rings (SSSR count). The van der Waals surface area contributed by atoms with Gasteiger partial charge in [-0.1, -0.05) is 0 Å². The van der Waals surface area contributed by atoms with E-state index in [0.717, 1.165) is 55.9 Å². The minimum absolute atomic E-state index is 0.0184. The van der Waals surface area contributed by atoms with E-state index in [9.17, 15) is 9.90 Å². The minimum atomic E-state index is -0.0184. The van der Waals surface area contributed by atoms with Crippen LogP contribution in [0.25, 0.3) is 0 Å². The number of carbonyl (C=O) groups excluding carboxylic acids is 1. The lowest BCUT2D eigenvalue weighted by atomic mass is 9.97. The summed E-state index contributed by atoms with van der Waals surface area (Å²) in [7, 11) is 0. The highest BCUT2D eigenvalue weighted by Gasteiger charge is 2.19. The molecule has 0 aliphatic carbocycles. The number of carbonyl (C=O) groups is 1. The van der Waals surface area contributed by atoms with Crippen molar-refractivity contribution in [2.75, 3.05) is 19.7 Å². The third-order valence-electron chi connectivity index (χ3n) is 4.68. The highest BCUT2D eigenvalue weighted by molar-refractivity contribution is 9.13. The van der Waals surface area contributed by atoms with Gasteiger partial charge in [0.05, 0.1) is 5.56 Å². The van der Waals surface area contributed by atoms with Crippen LogP contribution in [0, 0.1) is 5.92 Å². The number of aromatic hydroxyl groups is 2. The maximum absolute atomic E-state index is 10.3. The number of aliphatic hydroxyl groups is 1. The molecule has 0 spiro atoms. The lowest BCUT2D eigenvalue weighted by Crippen LogP contribution is -2.34. The zero-order valence-corrected chi connectivity index (χ0v) is 21.8. The van der Waals surface area contributed by atoms with Crippen molar-refractivity contribution in [1.82, 2.24) is 4.90 Å². The Morgan fingerprint density at radius 3 is 1.97 bits per heavy atom. The maximum atomic E-state index is 10.3. The predicted octanol–water partition coefficient (Wildman–Crippen LogP) is 5.85. The van der Waals surface area contributed by atoms with Gasteiger partial charge in [0.25, 0.3) is 0 Å². The van der Waals surface area contributed by atoms with Gasteiger partial charge in [0.2, 0.25) is 0 Å². The highest BCUT2D eigenvalue weighted by Crippen LogP contribution is 2.32. The summed E-state index contributed by atoms with van der Waals surface area (Å²) < 4.78 is 3.29. The summed E-state index contributed by atoms with van der Waals surface area (Å²) in [5.41, 5.74) is 1.22. The number of piperidine rings is 1. The molecule has 5 nitrogen and oxygen atoms in total. The average Bonchev–Trinajstić information content (AvgIpc) is 2.70. The predicted molar refractivity (Wildman–Crippen MR) is 127 cm³/mol. The molecule has 2 aromatic rings. The number of hydrogen-bond acceptors (Lipinski definition) is 5. The molecule has 29 heavy (non-hydrogen) atoms. The van der Waals surface area contributed by atoms with Crippen LogP contribution in [-0.2, 0) is 6.54 Å². The number of phenolic OH excluding ortho intramolecular Hbond substituents is 2. The molecule has 1 aliphatic heterocycles. The number of rotatable bonds is 4. The molecule has 2 aromatic carbocycles. The molecule has 1 fully saturated rings. The fraction of sp³-hybridized carbons (Fsp3) is 0.350. The van der Waals surface area contributed by atoms with Gasteiger partial charge in [-0.25, -0.2) is 0 Å². The minimum Gasteiger partial charge on any atom is -0.508 e. The molecule has 0 atom stereocenters. The molecule has 158 valence electrons. The molecule has 1 saturated heterocycles. The number of halogens is 4. The van der Waals surface area contributed by atoms with Gasteiger partial charge < -0.3 is 15.3 Å². The second kappa shape index (κ2) is 11.8. The highest BCUT2D eigenvalue weighted by atomic mass is 79.9. The Labute approximate surface area is 203 Å². The second-order valence-electron chi connectivity index (χ2n) is 6.74. The number of aldehydes is 1. The summed E-state index contributed by atoms with van der Waals surface area (Å²) in [4.78, 5) is 12.6. The van der Waals surface area contributed by atoms with E-state index in [2.05, 4.69) is 68.6 Å². The van der Waals surface area contributed by atoms with Crippen LogP contribution in [0.15, 0.2) is 42.2 Å². The molecular formula is C20H21Br4NO4. The summed E-state index contributed by atoms with van der Waals surface area (Å²) in [6.45, 7) is 3.02. The first-order valence-electron chi connectivity index (χ1n) is 8.88. The quantitative estimate of drug-likeness (QED) is 0.359. The van der Waals surface area contributed by atoms with Crippen molar-refractivity contribution in [3.8, 4) is 11.5 Å². The lowest BCUT2D eigenvalue weighted by molar-refractivity contribution is 0.112. The van der Waals surface area contributed by atoms with E-state index in [-0.39, 0.29) is 11.3 Å². The SMILES string of the molecule is O=Cc1cc(Br)c(Br)cc1O.OCC1CCN(Cc2cc(Br)c(Br)cc2O)CC1. The van der Waals surface area contributed by atoms with Crippen molar-refractivity contribution in [3.63, 3.8) is 0 Å².